The average Bonchev–Trinajstić information content (AvgIpc) is 2.94. The number of hydrogen-bond donors (Lipinski definition) is 1. The van der Waals surface area contributed by atoms with Crippen molar-refractivity contribution in [3.63, 3.8) is 0 Å². The number of nitrogens with zero attached hydrogens (tertiary/aromatic N) is 3. The van der Waals surface area contributed by atoms with E-state index in [4.69, 9.17) is 37.4 Å². The molecule has 3 aromatic carbocycles. The van der Waals surface area contributed by atoms with E-state index in [2.05, 4.69) is 20.2 Å². The Balaban J connectivity index is 1.27. The van der Waals surface area contributed by atoms with E-state index in [-0.39, 0.29) is 11.9 Å². The van der Waals surface area contributed by atoms with Gasteiger partial charge in [0, 0.05) is 35.8 Å². The quantitative estimate of drug-likeness (QED) is 0.266. The Morgan fingerprint density at radius 1 is 1.08 bits per heavy atom. The van der Waals surface area contributed by atoms with Gasteiger partial charge in [0.1, 0.15) is 24.9 Å². The van der Waals surface area contributed by atoms with Crippen LogP contribution in [0.15, 0.2) is 67.0 Å². The molecule has 10 heteroatoms. The maximum atomic E-state index is 12.6. The molecule has 4 aromatic rings. The molecular formula is C28H26Cl2N4O4. The lowest BCUT2D eigenvalue weighted by Gasteiger charge is -2.32. The zero-order valence-electron chi connectivity index (χ0n) is 20.7. The third-order valence-corrected chi connectivity index (χ3v) is 6.95. The van der Waals surface area contributed by atoms with E-state index in [1.54, 1.807) is 19.2 Å². The minimum Gasteiger partial charge on any atom is -0.493 e. The Kier molecular flexibility index (Phi) is 8.24. The maximum Gasteiger partial charge on any atom is 0.176 e. The van der Waals surface area contributed by atoms with E-state index in [1.165, 1.54) is 6.33 Å². The van der Waals surface area contributed by atoms with Gasteiger partial charge in [-0.1, -0.05) is 53.5 Å². The summed E-state index contributed by atoms with van der Waals surface area (Å²) in [7, 11) is 1.58. The first kappa shape index (κ1) is 26.2. The van der Waals surface area contributed by atoms with Gasteiger partial charge < -0.3 is 19.5 Å². The van der Waals surface area contributed by atoms with Gasteiger partial charge in [0.05, 0.1) is 35.8 Å². The number of ether oxygens (including phenoxy) is 3. The number of morpholine rings is 1. The number of nitrogens with one attached hydrogen (secondary N) is 1. The molecule has 0 bridgehead atoms. The Morgan fingerprint density at radius 3 is 2.71 bits per heavy atom. The fraction of sp³-hybridized carbons (Fsp3) is 0.250. The molecule has 196 valence electrons. The van der Waals surface area contributed by atoms with Crippen molar-refractivity contribution in [1.82, 2.24) is 14.9 Å². The molecule has 1 saturated heterocycles. The van der Waals surface area contributed by atoms with Crippen molar-refractivity contribution in [3.05, 3.63) is 82.6 Å². The second-order valence-electron chi connectivity index (χ2n) is 8.82. The lowest BCUT2D eigenvalue weighted by atomic mass is 10.1. The minimum atomic E-state index is -0.190. The number of Topliss-reactive ketones (excluding diaryl/α,β-unsaturated/α-hetero) is 1. The Bertz CT molecular complexity index is 1440. The van der Waals surface area contributed by atoms with E-state index in [1.807, 2.05) is 48.5 Å². The van der Waals surface area contributed by atoms with E-state index in [0.717, 1.165) is 11.1 Å². The van der Waals surface area contributed by atoms with Gasteiger partial charge in [-0.25, -0.2) is 9.97 Å². The summed E-state index contributed by atoms with van der Waals surface area (Å²) in [6, 6.07) is 18.2. The number of rotatable bonds is 9. The summed E-state index contributed by atoms with van der Waals surface area (Å²) in [6.07, 6.45) is 1.29. The first-order chi connectivity index (χ1) is 18.5. The van der Waals surface area contributed by atoms with Gasteiger partial charge in [-0.3, -0.25) is 9.69 Å². The molecule has 0 aliphatic carbocycles. The van der Waals surface area contributed by atoms with E-state index >= 15 is 0 Å². The van der Waals surface area contributed by atoms with Gasteiger partial charge in [-0.05, 0) is 24.3 Å². The van der Waals surface area contributed by atoms with Crippen LogP contribution in [-0.4, -0.2) is 66.7 Å². The molecule has 2 heterocycles. The Morgan fingerprint density at radius 2 is 1.92 bits per heavy atom. The molecular weight excluding hydrogens is 527 g/mol. The highest BCUT2D eigenvalue weighted by atomic mass is 35.5. The fourth-order valence-corrected chi connectivity index (χ4v) is 4.57. The molecule has 0 radical (unpaired) electrons. The van der Waals surface area contributed by atoms with Crippen molar-refractivity contribution < 1.29 is 19.0 Å². The molecule has 5 rings (SSSR count). The van der Waals surface area contributed by atoms with Crippen LogP contribution in [0.2, 0.25) is 10.0 Å². The molecule has 0 amide bonds. The summed E-state index contributed by atoms with van der Waals surface area (Å²) in [5, 5.41) is 4.92. The maximum absolute atomic E-state index is 12.6. The highest BCUT2D eigenvalue weighted by molar-refractivity contribution is 6.42. The van der Waals surface area contributed by atoms with Gasteiger partial charge in [0.25, 0.3) is 0 Å². The number of aromatic nitrogens is 2. The number of benzene rings is 3. The monoisotopic (exact) mass is 552 g/mol. The molecule has 1 unspecified atom stereocenters. The van der Waals surface area contributed by atoms with Crippen LogP contribution < -0.4 is 14.8 Å². The molecule has 1 aromatic heterocycles. The fourth-order valence-electron chi connectivity index (χ4n) is 4.27. The average molecular weight is 553 g/mol. The molecule has 1 fully saturated rings. The predicted molar refractivity (Wildman–Crippen MR) is 148 cm³/mol. The lowest BCUT2D eigenvalue weighted by Crippen LogP contribution is -2.46. The standard InChI is InChI=1S/C28H26Cl2N4O4/c1-36-26-12-21-24(31-17-32-28(21)33-19-7-8-22(29)23(30)11-19)13-27(26)38-16-20-14-34(9-10-37-20)15-25(35)18-5-3-2-4-6-18/h2-8,11-13,17,20H,9-10,14-16H2,1H3,(H,31,32,33). The van der Waals surface area contributed by atoms with Crippen LogP contribution in [-0.2, 0) is 4.74 Å². The molecule has 38 heavy (non-hydrogen) atoms. The zero-order chi connectivity index (χ0) is 26.5. The second-order valence-corrected chi connectivity index (χ2v) is 9.64. The van der Waals surface area contributed by atoms with Gasteiger partial charge in [-0.15, -0.1) is 0 Å². The Hall–Kier alpha value is -3.43. The van der Waals surface area contributed by atoms with Crippen molar-refractivity contribution in [3.8, 4) is 11.5 Å². The van der Waals surface area contributed by atoms with Crippen molar-refractivity contribution in [2.45, 2.75) is 6.10 Å². The van der Waals surface area contributed by atoms with E-state index in [0.29, 0.717) is 71.3 Å². The van der Waals surface area contributed by atoms with Crippen molar-refractivity contribution in [1.29, 1.82) is 0 Å². The van der Waals surface area contributed by atoms with Crippen LogP contribution in [0, 0.1) is 0 Å². The molecule has 0 spiro atoms. The predicted octanol–water partition coefficient (Wildman–Crippen LogP) is 5.65. The van der Waals surface area contributed by atoms with Crippen LogP contribution in [0.5, 0.6) is 11.5 Å². The van der Waals surface area contributed by atoms with Crippen molar-refractivity contribution >= 4 is 51.4 Å². The number of hydrogen-bond acceptors (Lipinski definition) is 8. The van der Waals surface area contributed by atoms with Crippen LogP contribution in [0.25, 0.3) is 10.9 Å². The molecule has 1 aliphatic rings. The van der Waals surface area contributed by atoms with Crippen LogP contribution in [0.3, 0.4) is 0 Å². The molecule has 0 saturated carbocycles. The Labute approximate surface area is 230 Å². The first-order valence-corrected chi connectivity index (χ1v) is 12.9. The molecule has 1 aliphatic heterocycles. The zero-order valence-corrected chi connectivity index (χ0v) is 22.2. The third-order valence-electron chi connectivity index (χ3n) is 6.21. The van der Waals surface area contributed by atoms with Crippen molar-refractivity contribution in [2.24, 2.45) is 0 Å². The first-order valence-electron chi connectivity index (χ1n) is 12.1. The highest BCUT2D eigenvalue weighted by Gasteiger charge is 2.24. The van der Waals surface area contributed by atoms with Crippen LogP contribution >= 0.6 is 23.2 Å². The van der Waals surface area contributed by atoms with Crippen LogP contribution in [0.4, 0.5) is 11.5 Å². The van der Waals surface area contributed by atoms with E-state index < -0.39 is 0 Å². The topological polar surface area (TPSA) is 85.8 Å². The van der Waals surface area contributed by atoms with Gasteiger partial charge in [-0.2, -0.15) is 0 Å². The molecule has 1 atom stereocenters. The van der Waals surface area contributed by atoms with Gasteiger partial charge >= 0.3 is 0 Å². The number of carbonyl (C=O) groups is 1. The summed E-state index contributed by atoms with van der Waals surface area (Å²) in [5.41, 5.74) is 2.13. The number of fused-ring (bicyclic) bond motifs is 1. The molecule has 8 nitrogen and oxygen atoms in total. The number of anilines is 2. The number of methoxy groups -OCH3 is 1. The normalized spacial score (nSPS) is 15.8. The number of halogens is 2. The SMILES string of the molecule is COc1cc2c(Nc3ccc(Cl)c(Cl)c3)ncnc2cc1OCC1CN(CC(=O)c2ccccc2)CCO1. The van der Waals surface area contributed by atoms with Crippen LogP contribution in [0.1, 0.15) is 10.4 Å². The number of ketones is 1. The lowest BCUT2D eigenvalue weighted by molar-refractivity contribution is -0.0457. The molecule has 1 N–H and O–H groups in total. The smallest absolute Gasteiger partial charge is 0.176 e. The largest absolute Gasteiger partial charge is 0.493 e. The minimum absolute atomic E-state index is 0.0911. The van der Waals surface area contributed by atoms with Crippen molar-refractivity contribution in [2.75, 3.05) is 45.3 Å². The van der Waals surface area contributed by atoms with Gasteiger partial charge in [0.15, 0.2) is 17.3 Å². The van der Waals surface area contributed by atoms with Gasteiger partial charge in [0.2, 0.25) is 0 Å². The summed E-state index contributed by atoms with van der Waals surface area (Å²) >= 11 is 12.2. The summed E-state index contributed by atoms with van der Waals surface area (Å²) < 4.78 is 17.6. The summed E-state index contributed by atoms with van der Waals surface area (Å²) in [4.78, 5) is 23.5. The second kappa shape index (κ2) is 12.0. The van der Waals surface area contributed by atoms with E-state index in [9.17, 15) is 4.79 Å². The summed E-state index contributed by atoms with van der Waals surface area (Å²) in [5.74, 6) is 1.76. The summed E-state index contributed by atoms with van der Waals surface area (Å²) in [6.45, 7) is 2.46. The number of carbonyl (C=O) groups excluding carboxylic acids is 1. The third kappa shape index (κ3) is 6.16. The highest BCUT2D eigenvalue weighted by Crippen LogP contribution is 2.35.